The largest absolute Gasteiger partial charge is 0.497 e. The molecule has 1 aliphatic heterocycles. The molecule has 19 heavy (non-hydrogen) atoms. The number of hydrogen-bond acceptors (Lipinski definition) is 3. The van der Waals surface area contributed by atoms with Gasteiger partial charge in [0.15, 0.2) is 0 Å². The third-order valence-electron chi connectivity index (χ3n) is 4.08. The van der Waals surface area contributed by atoms with Gasteiger partial charge in [-0.05, 0) is 62.7 Å². The Balaban J connectivity index is 2.39. The highest BCUT2D eigenvalue weighted by atomic mass is 79.9. The first-order chi connectivity index (χ1) is 9.17. The lowest BCUT2D eigenvalue weighted by Gasteiger charge is -2.33. The van der Waals surface area contributed by atoms with Crippen molar-refractivity contribution in [3.05, 3.63) is 28.2 Å². The van der Waals surface area contributed by atoms with Crippen molar-refractivity contribution >= 4 is 15.9 Å². The van der Waals surface area contributed by atoms with Gasteiger partial charge in [0.2, 0.25) is 0 Å². The fraction of sp³-hybridized carbons (Fsp3) is 0.600. The van der Waals surface area contributed by atoms with Gasteiger partial charge in [-0.15, -0.1) is 0 Å². The average molecular weight is 327 g/mol. The second kappa shape index (κ2) is 6.73. The number of methoxy groups -OCH3 is 1. The van der Waals surface area contributed by atoms with Crippen LogP contribution in [0.15, 0.2) is 22.7 Å². The molecule has 1 aliphatic rings. The number of rotatable bonds is 3. The Bertz CT molecular complexity index is 425. The first kappa shape index (κ1) is 14.8. The molecule has 0 aromatic heterocycles. The van der Waals surface area contributed by atoms with E-state index in [2.05, 4.69) is 40.0 Å². The van der Waals surface area contributed by atoms with E-state index >= 15 is 0 Å². The lowest BCUT2D eigenvalue weighted by molar-refractivity contribution is 0.195. The number of halogens is 1. The minimum atomic E-state index is 0.372. The van der Waals surface area contributed by atoms with Crippen LogP contribution in [0.3, 0.4) is 0 Å². The van der Waals surface area contributed by atoms with Crippen molar-refractivity contribution < 1.29 is 4.74 Å². The molecule has 2 N–H and O–H groups in total. The molecule has 0 radical (unpaired) electrons. The molecule has 3 nitrogen and oxygen atoms in total. The molecule has 2 rings (SSSR count). The summed E-state index contributed by atoms with van der Waals surface area (Å²) in [5.74, 6) is 1.42. The van der Waals surface area contributed by atoms with Crippen LogP contribution in [0.1, 0.15) is 30.9 Å². The van der Waals surface area contributed by atoms with E-state index in [9.17, 15) is 0 Å². The highest BCUT2D eigenvalue weighted by Gasteiger charge is 2.29. The summed E-state index contributed by atoms with van der Waals surface area (Å²) < 4.78 is 6.51. The predicted octanol–water partition coefficient (Wildman–Crippen LogP) is 3.19. The molecule has 2 atom stereocenters. The minimum Gasteiger partial charge on any atom is -0.497 e. The van der Waals surface area contributed by atoms with Crippen LogP contribution in [0, 0.1) is 5.92 Å². The Morgan fingerprint density at radius 1 is 1.42 bits per heavy atom. The molecule has 1 saturated heterocycles. The van der Waals surface area contributed by atoms with Crippen LogP contribution in [0.25, 0.3) is 0 Å². The molecule has 1 fully saturated rings. The fourth-order valence-corrected chi connectivity index (χ4v) is 3.52. The number of ether oxygens (including phenoxy) is 1. The van der Waals surface area contributed by atoms with E-state index in [1.165, 1.54) is 24.8 Å². The maximum atomic E-state index is 6.01. The Kier molecular flexibility index (Phi) is 5.25. The van der Waals surface area contributed by atoms with Gasteiger partial charge in [0.05, 0.1) is 7.11 Å². The molecule has 1 aromatic rings. The molecule has 0 saturated carbocycles. The van der Waals surface area contributed by atoms with E-state index < -0.39 is 0 Å². The molecule has 0 amide bonds. The molecule has 4 heteroatoms. The number of likely N-dealkylation sites (tertiary alicyclic amines) is 1. The van der Waals surface area contributed by atoms with Gasteiger partial charge in [0, 0.05) is 10.5 Å². The van der Waals surface area contributed by atoms with Crippen LogP contribution in [-0.4, -0.2) is 32.1 Å². The zero-order valence-corrected chi connectivity index (χ0v) is 13.3. The third-order valence-corrected chi connectivity index (χ3v) is 4.80. The lowest BCUT2D eigenvalue weighted by atomic mass is 9.89. The van der Waals surface area contributed by atoms with Gasteiger partial charge in [-0.1, -0.05) is 22.4 Å². The third kappa shape index (κ3) is 3.30. The van der Waals surface area contributed by atoms with Crippen molar-refractivity contribution in [3.8, 4) is 5.75 Å². The Morgan fingerprint density at radius 3 is 2.89 bits per heavy atom. The van der Waals surface area contributed by atoms with E-state index in [1.54, 1.807) is 7.11 Å². The zero-order valence-electron chi connectivity index (χ0n) is 11.7. The quantitative estimate of drug-likeness (QED) is 0.927. The summed E-state index contributed by atoms with van der Waals surface area (Å²) in [5, 5.41) is 0. The van der Waals surface area contributed by atoms with Gasteiger partial charge < -0.3 is 10.5 Å². The molecular weight excluding hydrogens is 304 g/mol. The summed E-state index contributed by atoms with van der Waals surface area (Å²) in [7, 11) is 3.91. The number of hydrogen-bond donors (Lipinski definition) is 1. The maximum absolute atomic E-state index is 6.01. The van der Waals surface area contributed by atoms with Crippen LogP contribution in [-0.2, 0) is 0 Å². The van der Waals surface area contributed by atoms with Crippen LogP contribution in [0.4, 0.5) is 0 Å². The molecule has 0 bridgehead atoms. The molecule has 0 aliphatic carbocycles. The summed E-state index contributed by atoms with van der Waals surface area (Å²) in [6.45, 7) is 1.86. The van der Waals surface area contributed by atoms with Gasteiger partial charge in [-0.3, -0.25) is 4.90 Å². The van der Waals surface area contributed by atoms with Crippen molar-refractivity contribution in [1.82, 2.24) is 4.90 Å². The lowest BCUT2D eigenvalue weighted by Crippen LogP contribution is -2.33. The molecule has 106 valence electrons. The van der Waals surface area contributed by atoms with Gasteiger partial charge in [0.1, 0.15) is 5.75 Å². The molecule has 2 unspecified atom stereocenters. The van der Waals surface area contributed by atoms with E-state index in [1.807, 2.05) is 6.07 Å². The van der Waals surface area contributed by atoms with Crippen molar-refractivity contribution in [2.45, 2.75) is 25.3 Å². The first-order valence-corrected chi connectivity index (χ1v) is 7.70. The average Bonchev–Trinajstić information content (AvgIpc) is 2.61. The van der Waals surface area contributed by atoms with E-state index in [-0.39, 0.29) is 0 Å². The van der Waals surface area contributed by atoms with Crippen LogP contribution >= 0.6 is 15.9 Å². The van der Waals surface area contributed by atoms with Gasteiger partial charge in [-0.2, -0.15) is 0 Å². The second-order valence-corrected chi connectivity index (χ2v) is 6.16. The smallest absolute Gasteiger partial charge is 0.119 e. The molecule has 1 heterocycles. The Hall–Kier alpha value is -0.580. The summed E-state index contributed by atoms with van der Waals surface area (Å²) in [6.07, 6.45) is 3.73. The Labute approximate surface area is 124 Å². The van der Waals surface area contributed by atoms with Crippen molar-refractivity contribution in [2.75, 3.05) is 27.2 Å². The number of nitrogens with zero attached hydrogens (tertiary/aromatic N) is 1. The van der Waals surface area contributed by atoms with E-state index in [4.69, 9.17) is 10.5 Å². The topological polar surface area (TPSA) is 38.5 Å². The highest BCUT2D eigenvalue weighted by Crippen LogP contribution is 2.38. The van der Waals surface area contributed by atoms with Crippen molar-refractivity contribution in [2.24, 2.45) is 11.7 Å². The van der Waals surface area contributed by atoms with Gasteiger partial charge in [0.25, 0.3) is 0 Å². The first-order valence-electron chi connectivity index (χ1n) is 6.91. The van der Waals surface area contributed by atoms with Gasteiger partial charge >= 0.3 is 0 Å². The Morgan fingerprint density at radius 2 is 2.21 bits per heavy atom. The van der Waals surface area contributed by atoms with E-state index in [0.29, 0.717) is 12.0 Å². The highest BCUT2D eigenvalue weighted by molar-refractivity contribution is 9.10. The second-order valence-electron chi connectivity index (χ2n) is 5.30. The summed E-state index contributed by atoms with van der Waals surface area (Å²) in [6, 6.07) is 6.57. The fourth-order valence-electron chi connectivity index (χ4n) is 3.04. The standard InChI is InChI=1S/C15H23BrN2O/c1-18-8-4-3-5-11(10-17)15(18)13-9-12(19-2)6-7-14(13)16/h6-7,9,11,15H,3-5,8,10,17H2,1-2H3. The number of nitrogens with two attached hydrogens (primary N) is 1. The van der Waals surface area contributed by atoms with Gasteiger partial charge in [-0.25, -0.2) is 0 Å². The van der Waals surface area contributed by atoms with Crippen LogP contribution < -0.4 is 10.5 Å². The van der Waals surface area contributed by atoms with Crippen LogP contribution in [0.2, 0.25) is 0 Å². The normalized spacial score (nSPS) is 25.1. The number of benzene rings is 1. The van der Waals surface area contributed by atoms with Crippen molar-refractivity contribution in [3.63, 3.8) is 0 Å². The summed E-state index contributed by atoms with van der Waals surface area (Å²) in [4.78, 5) is 2.43. The summed E-state index contributed by atoms with van der Waals surface area (Å²) >= 11 is 3.68. The molecule has 1 aromatic carbocycles. The molecular formula is C15H23BrN2O. The van der Waals surface area contributed by atoms with E-state index in [0.717, 1.165) is 23.3 Å². The zero-order chi connectivity index (χ0) is 13.8. The minimum absolute atomic E-state index is 0.372. The monoisotopic (exact) mass is 326 g/mol. The predicted molar refractivity (Wildman–Crippen MR) is 82.5 cm³/mol. The van der Waals surface area contributed by atoms with Crippen molar-refractivity contribution in [1.29, 1.82) is 0 Å². The van der Waals surface area contributed by atoms with Crippen LogP contribution in [0.5, 0.6) is 5.75 Å². The SMILES string of the molecule is COc1ccc(Br)c(C2C(CN)CCCCN2C)c1. The maximum Gasteiger partial charge on any atom is 0.119 e. The summed E-state index contributed by atoms with van der Waals surface area (Å²) in [5.41, 5.74) is 7.30. The molecule has 0 spiro atoms.